The third kappa shape index (κ3) is 4.12. The summed E-state index contributed by atoms with van der Waals surface area (Å²) < 4.78 is 5.28. The molecule has 1 aromatic carbocycles. The van der Waals surface area contributed by atoms with Crippen LogP contribution < -0.4 is 9.64 Å². The summed E-state index contributed by atoms with van der Waals surface area (Å²) in [5.41, 5.74) is 1.22. The van der Waals surface area contributed by atoms with Crippen LogP contribution in [0.4, 0.5) is 5.69 Å². The van der Waals surface area contributed by atoms with Gasteiger partial charge in [-0.1, -0.05) is 19.4 Å². The predicted octanol–water partition coefficient (Wildman–Crippen LogP) is 1.98. The molecular formula is C16H26N2O2. The molecule has 0 radical (unpaired) electrons. The molecule has 0 spiro atoms. The summed E-state index contributed by atoms with van der Waals surface area (Å²) in [6, 6.07) is 8.22. The fourth-order valence-electron chi connectivity index (χ4n) is 2.72. The number of hydrogen-bond acceptors (Lipinski definition) is 4. The lowest BCUT2D eigenvalue weighted by atomic mass is 10.2. The first-order chi connectivity index (χ1) is 9.72. The Balaban J connectivity index is 1.84. The molecule has 1 unspecified atom stereocenters. The molecule has 1 N–H and O–H groups in total. The topological polar surface area (TPSA) is 35.9 Å². The average molecular weight is 278 g/mol. The number of anilines is 1. The van der Waals surface area contributed by atoms with E-state index in [0.717, 1.165) is 51.3 Å². The Bertz CT molecular complexity index is 403. The summed E-state index contributed by atoms with van der Waals surface area (Å²) in [4.78, 5) is 4.74. The Morgan fingerprint density at radius 3 is 2.65 bits per heavy atom. The number of aliphatic hydroxyl groups is 1. The van der Waals surface area contributed by atoms with E-state index in [-0.39, 0.29) is 6.10 Å². The minimum absolute atomic E-state index is 0.177. The van der Waals surface area contributed by atoms with Crippen LogP contribution in [-0.4, -0.2) is 55.9 Å². The van der Waals surface area contributed by atoms with Crippen molar-refractivity contribution in [3.05, 3.63) is 24.3 Å². The lowest BCUT2D eigenvalue weighted by Gasteiger charge is -2.37. The second-order valence-electron chi connectivity index (χ2n) is 5.43. The zero-order chi connectivity index (χ0) is 14.4. The van der Waals surface area contributed by atoms with Crippen molar-refractivity contribution < 1.29 is 9.84 Å². The molecule has 1 aliphatic heterocycles. The second kappa shape index (κ2) is 7.50. The molecule has 1 fully saturated rings. The summed E-state index contributed by atoms with van der Waals surface area (Å²) >= 11 is 0. The Labute approximate surface area is 122 Å². The predicted molar refractivity (Wildman–Crippen MR) is 82.6 cm³/mol. The first-order valence-corrected chi connectivity index (χ1v) is 7.52. The quantitative estimate of drug-likeness (QED) is 0.863. The van der Waals surface area contributed by atoms with Crippen LogP contribution >= 0.6 is 0 Å². The van der Waals surface area contributed by atoms with Gasteiger partial charge in [0.2, 0.25) is 0 Å². The largest absolute Gasteiger partial charge is 0.497 e. The molecular weight excluding hydrogens is 252 g/mol. The second-order valence-corrected chi connectivity index (χ2v) is 5.43. The van der Waals surface area contributed by atoms with Crippen LogP contribution in [0, 0.1) is 0 Å². The van der Waals surface area contributed by atoms with Crippen molar-refractivity contribution in [3.8, 4) is 5.75 Å². The number of β-amino-alcohol motifs (C(OH)–C–C–N with tert-alkyl or cyclic N) is 1. The third-order valence-electron chi connectivity index (χ3n) is 3.88. The van der Waals surface area contributed by atoms with E-state index in [9.17, 15) is 5.11 Å². The maximum Gasteiger partial charge on any atom is 0.120 e. The molecule has 0 saturated carbocycles. The van der Waals surface area contributed by atoms with Crippen LogP contribution in [0.2, 0.25) is 0 Å². The molecule has 2 rings (SSSR count). The molecule has 112 valence electrons. The van der Waals surface area contributed by atoms with Crippen molar-refractivity contribution in [1.82, 2.24) is 4.90 Å². The minimum Gasteiger partial charge on any atom is -0.497 e. The summed E-state index contributed by atoms with van der Waals surface area (Å²) in [5, 5.41) is 9.88. The van der Waals surface area contributed by atoms with E-state index in [2.05, 4.69) is 28.9 Å². The standard InChI is InChI=1S/C16H26N2O2/c1-3-5-15(19)13-17-8-10-18(11-9-17)14-6-4-7-16(12-14)20-2/h4,6-7,12,15,19H,3,5,8-11,13H2,1-2H3. The monoisotopic (exact) mass is 278 g/mol. The van der Waals surface area contributed by atoms with E-state index in [1.54, 1.807) is 7.11 Å². The molecule has 20 heavy (non-hydrogen) atoms. The average Bonchev–Trinajstić information content (AvgIpc) is 2.48. The van der Waals surface area contributed by atoms with E-state index in [1.165, 1.54) is 5.69 Å². The van der Waals surface area contributed by atoms with Gasteiger partial charge in [-0.25, -0.2) is 0 Å². The van der Waals surface area contributed by atoms with Crippen LogP contribution in [0.3, 0.4) is 0 Å². The van der Waals surface area contributed by atoms with Gasteiger partial charge in [-0.3, -0.25) is 4.90 Å². The van der Waals surface area contributed by atoms with E-state index in [0.29, 0.717) is 0 Å². The van der Waals surface area contributed by atoms with Gasteiger partial charge in [-0.15, -0.1) is 0 Å². The van der Waals surface area contributed by atoms with Crippen LogP contribution in [0.15, 0.2) is 24.3 Å². The highest BCUT2D eigenvalue weighted by atomic mass is 16.5. The Morgan fingerprint density at radius 1 is 1.25 bits per heavy atom. The Hall–Kier alpha value is -1.26. The van der Waals surface area contributed by atoms with E-state index in [1.807, 2.05) is 12.1 Å². The third-order valence-corrected chi connectivity index (χ3v) is 3.88. The van der Waals surface area contributed by atoms with Gasteiger partial charge in [-0.2, -0.15) is 0 Å². The number of hydrogen-bond donors (Lipinski definition) is 1. The first kappa shape index (κ1) is 15.1. The number of nitrogens with zero attached hydrogens (tertiary/aromatic N) is 2. The van der Waals surface area contributed by atoms with Crippen molar-refractivity contribution in [1.29, 1.82) is 0 Å². The molecule has 1 atom stereocenters. The van der Waals surface area contributed by atoms with E-state index in [4.69, 9.17) is 4.74 Å². The summed E-state index contributed by atoms with van der Waals surface area (Å²) in [7, 11) is 1.70. The number of ether oxygens (including phenoxy) is 1. The number of benzene rings is 1. The Morgan fingerprint density at radius 2 is 2.00 bits per heavy atom. The van der Waals surface area contributed by atoms with Crippen LogP contribution in [0.25, 0.3) is 0 Å². The molecule has 1 saturated heterocycles. The summed E-state index contributed by atoms with van der Waals surface area (Å²) in [5.74, 6) is 0.906. The van der Waals surface area contributed by atoms with Gasteiger partial charge in [0, 0.05) is 44.5 Å². The fourth-order valence-corrected chi connectivity index (χ4v) is 2.72. The number of aliphatic hydroxyl groups excluding tert-OH is 1. The van der Waals surface area contributed by atoms with Gasteiger partial charge in [-0.05, 0) is 18.6 Å². The SMILES string of the molecule is CCCC(O)CN1CCN(c2cccc(OC)c2)CC1. The number of rotatable bonds is 6. The fraction of sp³-hybridized carbons (Fsp3) is 0.625. The van der Waals surface area contributed by atoms with Gasteiger partial charge in [0.25, 0.3) is 0 Å². The highest BCUT2D eigenvalue weighted by Gasteiger charge is 2.19. The maximum absolute atomic E-state index is 9.88. The van der Waals surface area contributed by atoms with Gasteiger partial charge in [0.15, 0.2) is 0 Å². The van der Waals surface area contributed by atoms with Crippen molar-refractivity contribution in [2.45, 2.75) is 25.9 Å². The molecule has 4 nitrogen and oxygen atoms in total. The lowest BCUT2D eigenvalue weighted by Crippen LogP contribution is -2.48. The Kier molecular flexibility index (Phi) is 5.68. The highest BCUT2D eigenvalue weighted by molar-refractivity contribution is 5.51. The lowest BCUT2D eigenvalue weighted by molar-refractivity contribution is 0.101. The highest BCUT2D eigenvalue weighted by Crippen LogP contribution is 2.22. The van der Waals surface area contributed by atoms with Crippen molar-refractivity contribution in [3.63, 3.8) is 0 Å². The molecule has 4 heteroatoms. The van der Waals surface area contributed by atoms with Crippen molar-refractivity contribution in [2.24, 2.45) is 0 Å². The van der Waals surface area contributed by atoms with Crippen molar-refractivity contribution in [2.75, 3.05) is 44.7 Å². The van der Waals surface area contributed by atoms with Gasteiger partial charge >= 0.3 is 0 Å². The number of piperazine rings is 1. The molecule has 1 heterocycles. The minimum atomic E-state index is -0.177. The maximum atomic E-state index is 9.88. The molecule has 1 aliphatic rings. The van der Waals surface area contributed by atoms with Gasteiger partial charge in [0.05, 0.1) is 13.2 Å². The molecule has 0 bridgehead atoms. The van der Waals surface area contributed by atoms with E-state index < -0.39 is 0 Å². The van der Waals surface area contributed by atoms with Gasteiger partial charge < -0.3 is 14.7 Å². The molecule has 0 aliphatic carbocycles. The van der Waals surface area contributed by atoms with E-state index >= 15 is 0 Å². The first-order valence-electron chi connectivity index (χ1n) is 7.52. The normalized spacial score (nSPS) is 18.1. The summed E-state index contributed by atoms with van der Waals surface area (Å²) in [6.07, 6.45) is 1.77. The van der Waals surface area contributed by atoms with Crippen molar-refractivity contribution >= 4 is 5.69 Å². The zero-order valence-electron chi connectivity index (χ0n) is 12.6. The van der Waals surface area contributed by atoms with Gasteiger partial charge in [0.1, 0.15) is 5.75 Å². The molecule has 1 aromatic rings. The molecule has 0 amide bonds. The van der Waals surface area contributed by atoms with Crippen LogP contribution in [-0.2, 0) is 0 Å². The molecule has 0 aromatic heterocycles. The van der Waals surface area contributed by atoms with Crippen LogP contribution in [0.5, 0.6) is 5.75 Å². The zero-order valence-corrected chi connectivity index (χ0v) is 12.6. The smallest absolute Gasteiger partial charge is 0.120 e. The number of methoxy groups -OCH3 is 1. The van der Waals surface area contributed by atoms with Crippen LogP contribution in [0.1, 0.15) is 19.8 Å². The summed E-state index contributed by atoms with van der Waals surface area (Å²) in [6.45, 7) is 6.96.